The van der Waals surface area contributed by atoms with Crippen molar-refractivity contribution in [1.29, 1.82) is 0 Å². The number of carboxylic acid groups (broad SMARTS) is 4. The van der Waals surface area contributed by atoms with Gasteiger partial charge in [0, 0.05) is 18.8 Å². The van der Waals surface area contributed by atoms with Crippen LogP contribution in [0, 0.1) is 0 Å². The molecule has 0 radical (unpaired) electrons. The minimum absolute atomic E-state index is 0.163. The highest BCUT2D eigenvalue weighted by molar-refractivity contribution is 5.81. The molecule has 1 atom stereocenters. The summed E-state index contributed by atoms with van der Waals surface area (Å²) in [5.74, 6) is -5.12. The summed E-state index contributed by atoms with van der Waals surface area (Å²) in [5, 5.41) is 36.9. The lowest BCUT2D eigenvalue weighted by Gasteiger charge is -2.38. The average molecular weight is 397 g/mol. The van der Waals surface area contributed by atoms with Crippen molar-refractivity contribution in [3.8, 4) is 0 Å². The summed E-state index contributed by atoms with van der Waals surface area (Å²) in [5.41, 5.74) is 4.54. The molecule has 6 N–H and O–H groups in total. The SMILES string of the molecule is C[C@](C(=O)O)(c1ccc(N)cc1)N(CCN(CC(=O)O)CC(=O)O)CC(=O)O. The smallest absolute Gasteiger partial charge is 0.328 e. The van der Waals surface area contributed by atoms with Crippen molar-refractivity contribution >= 4 is 29.6 Å². The standard InChI is InChI=1S/C17H23N3O8/c1-17(16(27)28,11-2-4-12(18)5-3-11)20(10-15(25)26)7-6-19(8-13(21)22)9-14(23)24/h2-5H,6-10,18H2,1H3,(H,21,22)(H,23,24)(H,25,26)(H,27,28)/t17-/m1/s1. The van der Waals surface area contributed by atoms with Crippen LogP contribution in [0.1, 0.15) is 12.5 Å². The van der Waals surface area contributed by atoms with Crippen LogP contribution in [-0.4, -0.2) is 86.8 Å². The zero-order valence-electron chi connectivity index (χ0n) is 15.2. The van der Waals surface area contributed by atoms with E-state index in [1.54, 1.807) is 0 Å². The Hall–Kier alpha value is -3.18. The summed E-state index contributed by atoms with van der Waals surface area (Å²) in [4.78, 5) is 47.4. The summed E-state index contributed by atoms with van der Waals surface area (Å²) in [6.07, 6.45) is 0. The molecule has 0 aliphatic rings. The number of anilines is 1. The molecule has 0 saturated heterocycles. The van der Waals surface area contributed by atoms with E-state index in [1.807, 2.05) is 0 Å². The molecular weight excluding hydrogens is 374 g/mol. The van der Waals surface area contributed by atoms with E-state index in [0.717, 1.165) is 9.80 Å². The van der Waals surface area contributed by atoms with Gasteiger partial charge in [-0.2, -0.15) is 0 Å². The van der Waals surface area contributed by atoms with Gasteiger partial charge in [-0.1, -0.05) is 12.1 Å². The quantitative estimate of drug-likeness (QED) is 0.285. The Morgan fingerprint density at radius 3 is 1.71 bits per heavy atom. The zero-order valence-corrected chi connectivity index (χ0v) is 15.2. The molecule has 0 amide bonds. The maximum atomic E-state index is 12.1. The van der Waals surface area contributed by atoms with Crippen LogP contribution < -0.4 is 5.73 Å². The van der Waals surface area contributed by atoms with E-state index >= 15 is 0 Å². The van der Waals surface area contributed by atoms with E-state index in [9.17, 15) is 29.4 Å². The third-order valence-electron chi connectivity index (χ3n) is 4.25. The van der Waals surface area contributed by atoms with Gasteiger partial charge >= 0.3 is 23.9 Å². The number of rotatable bonds is 12. The number of nitrogens with zero attached hydrogens (tertiary/aromatic N) is 2. The number of hydrogen-bond acceptors (Lipinski definition) is 7. The van der Waals surface area contributed by atoms with E-state index in [2.05, 4.69) is 0 Å². The average Bonchev–Trinajstić information content (AvgIpc) is 2.56. The van der Waals surface area contributed by atoms with Gasteiger partial charge in [-0.05, 0) is 24.6 Å². The number of carboxylic acids is 4. The van der Waals surface area contributed by atoms with Crippen molar-refractivity contribution in [2.45, 2.75) is 12.5 Å². The molecule has 0 aliphatic heterocycles. The van der Waals surface area contributed by atoms with Crippen LogP contribution >= 0.6 is 0 Å². The fourth-order valence-corrected chi connectivity index (χ4v) is 2.73. The van der Waals surface area contributed by atoms with Gasteiger partial charge in [-0.15, -0.1) is 0 Å². The Kier molecular flexibility index (Phi) is 7.89. The lowest BCUT2D eigenvalue weighted by molar-refractivity contribution is -0.155. The minimum Gasteiger partial charge on any atom is -0.480 e. The monoisotopic (exact) mass is 397 g/mol. The number of benzene rings is 1. The second kappa shape index (κ2) is 9.67. The van der Waals surface area contributed by atoms with Crippen molar-refractivity contribution < 1.29 is 39.6 Å². The molecule has 154 valence electrons. The van der Waals surface area contributed by atoms with Crippen LogP contribution in [0.3, 0.4) is 0 Å². The maximum absolute atomic E-state index is 12.1. The second-order valence-corrected chi connectivity index (χ2v) is 6.31. The van der Waals surface area contributed by atoms with Gasteiger partial charge in [-0.3, -0.25) is 24.2 Å². The third kappa shape index (κ3) is 6.21. The van der Waals surface area contributed by atoms with Crippen LogP contribution in [0.4, 0.5) is 5.69 Å². The minimum atomic E-state index is -1.76. The molecule has 11 heteroatoms. The van der Waals surface area contributed by atoms with Gasteiger partial charge in [0.05, 0.1) is 19.6 Å². The lowest BCUT2D eigenvalue weighted by Crippen LogP contribution is -2.54. The number of hydrogen-bond donors (Lipinski definition) is 5. The van der Waals surface area contributed by atoms with Crippen molar-refractivity contribution in [3.05, 3.63) is 29.8 Å². The van der Waals surface area contributed by atoms with E-state index in [4.69, 9.17) is 15.9 Å². The van der Waals surface area contributed by atoms with E-state index in [0.29, 0.717) is 5.69 Å². The van der Waals surface area contributed by atoms with Gasteiger partial charge in [0.2, 0.25) is 0 Å². The first kappa shape index (κ1) is 22.9. The Bertz CT molecular complexity index is 720. The molecule has 0 unspecified atom stereocenters. The lowest BCUT2D eigenvalue weighted by atomic mass is 9.89. The Morgan fingerprint density at radius 2 is 1.32 bits per heavy atom. The molecule has 1 aromatic carbocycles. The highest BCUT2D eigenvalue weighted by atomic mass is 16.4. The van der Waals surface area contributed by atoms with Crippen LogP contribution in [-0.2, 0) is 24.7 Å². The largest absolute Gasteiger partial charge is 0.480 e. The fraction of sp³-hybridized carbons (Fsp3) is 0.412. The molecule has 0 spiro atoms. The van der Waals surface area contributed by atoms with Crippen molar-refractivity contribution in [2.75, 3.05) is 38.5 Å². The normalized spacial score (nSPS) is 13.2. The zero-order chi connectivity index (χ0) is 21.5. The summed E-state index contributed by atoms with van der Waals surface area (Å²) in [7, 11) is 0. The predicted molar refractivity (Wildman–Crippen MR) is 96.8 cm³/mol. The summed E-state index contributed by atoms with van der Waals surface area (Å²) in [6.45, 7) is -0.856. The molecule has 0 aromatic heterocycles. The van der Waals surface area contributed by atoms with Crippen LogP contribution in [0.2, 0.25) is 0 Å². The van der Waals surface area contributed by atoms with Crippen LogP contribution in [0.15, 0.2) is 24.3 Å². The summed E-state index contributed by atoms with van der Waals surface area (Å²) >= 11 is 0. The molecule has 0 bridgehead atoms. The first-order chi connectivity index (χ1) is 13.0. The molecule has 1 aromatic rings. The summed E-state index contributed by atoms with van der Waals surface area (Å²) in [6, 6.07) is 5.89. The molecule has 0 aliphatic carbocycles. The first-order valence-corrected chi connectivity index (χ1v) is 8.19. The van der Waals surface area contributed by atoms with E-state index < -0.39 is 49.1 Å². The van der Waals surface area contributed by atoms with Gasteiger partial charge in [0.25, 0.3) is 0 Å². The fourth-order valence-electron chi connectivity index (χ4n) is 2.73. The van der Waals surface area contributed by atoms with Crippen molar-refractivity contribution in [3.63, 3.8) is 0 Å². The highest BCUT2D eigenvalue weighted by Gasteiger charge is 2.42. The number of nitrogen functional groups attached to an aromatic ring is 1. The van der Waals surface area contributed by atoms with Gasteiger partial charge < -0.3 is 26.2 Å². The molecule has 0 saturated carbocycles. The maximum Gasteiger partial charge on any atom is 0.328 e. The van der Waals surface area contributed by atoms with Gasteiger partial charge in [0.15, 0.2) is 0 Å². The Balaban J connectivity index is 3.19. The molecule has 28 heavy (non-hydrogen) atoms. The van der Waals surface area contributed by atoms with E-state index in [1.165, 1.54) is 31.2 Å². The third-order valence-corrected chi connectivity index (χ3v) is 4.25. The number of carbonyl (C=O) groups is 4. The van der Waals surface area contributed by atoms with Crippen LogP contribution in [0.5, 0.6) is 0 Å². The highest BCUT2D eigenvalue weighted by Crippen LogP contribution is 2.29. The second-order valence-electron chi connectivity index (χ2n) is 6.31. The number of aliphatic carboxylic acids is 4. The first-order valence-electron chi connectivity index (χ1n) is 8.19. The Morgan fingerprint density at radius 1 is 0.857 bits per heavy atom. The molecule has 1 rings (SSSR count). The van der Waals surface area contributed by atoms with Gasteiger partial charge in [0.1, 0.15) is 5.54 Å². The molecule has 11 nitrogen and oxygen atoms in total. The van der Waals surface area contributed by atoms with Crippen molar-refractivity contribution in [2.24, 2.45) is 0 Å². The van der Waals surface area contributed by atoms with E-state index in [-0.39, 0.29) is 18.7 Å². The van der Waals surface area contributed by atoms with Crippen molar-refractivity contribution in [1.82, 2.24) is 9.80 Å². The summed E-state index contributed by atoms with van der Waals surface area (Å²) < 4.78 is 0. The Labute approximate surface area is 160 Å². The van der Waals surface area contributed by atoms with Gasteiger partial charge in [-0.25, -0.2) is 4.79 Å². The molecule has 0 heterocycles. The number of nitrogens with two attached hydrogens (primary N) is 1. The molecular formula is C17H23N3O8. The topological polar surface area (TPSA) is 182 Å². The van der Waals surface area contributed by atoms with Crippen LogP contribution in [0.25, 0.3) is 0 Å². The predicted octanol–water partition coefficient (Wildman–Crippen LogP) is -0.574. The molecule has 0 fully saturated rings.